The van der Waals surface area contributed by atoms with E-state index in [0.717, 1.165) is 24.2 Å². The minimum atomic E-state index is -0.846. The summed E-state index contributed by atoms with van der Waals surface area (Å²) in [6.07, 6.45) is 4.87. The van der Waals surface area contributed by atoms with Gasteiger partial charge < -0.3 is 14.3 Å². The van der Waals surface area contributed by atoms with Crippen molar-refractivity contribution in [3.63, 3.8) is 0 Å². The van der Waals surface area contributed by atoms with E-state index in [9.17, 15) is 14.7 Å². The molecule has 126 valence electrons. The maximum atomic E-state index is 12.1. The molecule has 0 bridgehead atoms. The van der Waals surface area contributed by atoms with Gasteiger partial charge in [-0.1, -0.05) is 31.6 Å². The van der Waals surface area contributed by atoms with E-state index in [2.05, 4.69) is 6.92 Å². The number of aromatic hydroxyl groups is 1. The lowest BCUT2D eigenvalue weighted by Crippen LogP contribution is -2.12. The first-order valence-electron chi connectivity index (χ1n) is 7.80. The molecular weight excluding hydrogens is 308 g/mol. The second-order valence-corrected chi connectivity index (χ2v) is 5.37. The number of hydrogen-bond acceptors (Lipinski definition) is 5. The molecule has 1 heterocycles. The van der Waals surface area contributed by atoms with Crippen molar-refractivity contribution in [1.29, 1.82) is 0 Å². The SMILES string of the molecule is CCCCOc1ccc(/C=C/C(=O)c2c(O)cc(C)oc2=O)cc1. The van der Waals surface area contributed by atoms with E-state index in [1.807, 2.05) is 24.3 Å². The Hall–Kier alpha value is -2.82. The van der Waals surface area contributed by atoms with Crippen LogP contribution < -0.4 is 10.4 Å². The predicted octanol–water partition coefficient (Wildman–Crippen LogP) is 3.73. The Labute approximate surface area is 140 Å². The number of rotatable bonds is 7. The van der Waals surface area contributed by atoms with Crippen LogP contribution >= 0.6 is 0 Å². The molecule has 1 N–H and O–H groups in total. The molecule has 0 saturated heterocycles. The van der Waals surface area contributed by atoms with Crippen molar-refractivity contribution < 1.29 is 19.1 Å². The molecule has 2 rings (SSSR count). The monoisotopic (exact) mass is 328 g/mol. The van der Waals surface area contributed by atoms with Gasteiger partial charge in [-0.2, -0.15) is 0 Å². The van der Waals surface area contributed by atoms with E-state index >= 15 is 0 Å². The summed E-state index contributed by atoms with van der Waals surface area (Å²) in [5, 5.41) is 9.75. The minimum absolute atomic E-state index is 0.247. The molecule has 0 amide bonds. The number of aryl methyl sites for hydroxylation is 1. The number of ether oxygens (including phenoxy) is 1. The average molecular weight is 328 g/mol. The maximum Gasteiger partial charge on any atom is 0.351 e. The van der Waals surface area contributed by atoms with Crippen molar-refractivity contribution in [3.05, 3.63) is 63.7 Å². The van der Waals surface area contributed by atoms with Crippen LogP contribution in [0, 0.1) is 6.92 Å². The van der Waals surface area contributed by atoms with Gasteiger partial charge in [-0.15, -0.1) is 0 Å². The summed E-state index contributed by atoms with van der Waals surface area (Å²) in [6, 6.07) is 8.49. The molecule has 0 fully saturated rings. The fourth-order valence-electron chi connectivity index (χ4n) is 2.09. The number of benzene rings is 1. The zero-order valence-corrected chi connectivity index (χ0v) is 13.7. The Morgan fingerprint density at radius 3 is 2.62 bits per heavy atom. The van der Waals surface area contributed by atoms with Gasteiger partial charge in [-0.3, -0.25) is 4.79 Å². The zero-order chi connectivity index (χ0) is 17.5. The summed E-state index contributed by atoms with van der Waals surface area (Å²) in [6.45, 7) is 4.29. The van der Waals surface area contributed by atoms with Gasteiger partial charge in [0.2, 0.25) is 0 Å². The number of allylic oxidation sites excluding steroid dienone is 1. The van der Waals surface area contributed by atoms with E-state index < -0.39 is 11.4 Å². The van der Waals surface area contributed by atoms with E-state index in [0.29, 0.717) is 6.61 Å². The van der Waals surface area contributed by atoms with Crippen molar-refractivity contribution in [2.45, 2.75) is 26.7 Å². The molecule has 0 spiro atoms. The lowest BCUT2D eigenvalue weighted by Gasteiger charge is -2.05. The molecule has 5 nitrogen and oxygen atoms in total. The second-order valence-electron chi connectivity index (χ2n) is 5.37. The molecule has 2 aromatic rings. The second kappa shape index (κ2) is 8.15. The van der Waals surface area contributed by atoms with Crippen LogP contribution in [0.2, 0.25) is 0 Å². The Bertz CT molecular complexity index is 784. The van der Waals surface area contributed by atoms with Gasteiger partial charge in [0.05, 0.1) is 6.61 Å². The first-order valence-corrected chi connectivity index (χ1v) is 7.80. The van der Waals surface area contributed by atoms with Crippen LogP contribution in [0.25, 0.3) is 6.08 Å². The topological polar surface area (TPSA) is 76.7 Å². The van der Waals surface area contributed by atoms with Crippen molar-refractivity contribution in [2.24, 2.45) is 0 Å². The largest absolute Gasteiger partial charge is 0.507 e. The fraction of sp³-hybridized carbons (Fsp3) is 0.263. The van der Waals surface area contributed by atoms with Crippen LogP contribution in [0.5, 0.6) is 11.5 Å². The third kappa shape index (κ3) is 4.59. The highest BCUT2D eigenvalue weighted by Gasteiger charge is 2.15. The van der Waals surface area contributed by atoms with Crippen LogP contribution in [0.1, 0.15) is 41.4 Å². The van der Waals surface area contributed by atoms with Gasteiger partial charge in [0.15, 0.2) is 5.78 Å². The smallest absolute Gasteiger partial charge is 0.351 e. The van der Waals surface area contributed by atoms with Crippen molar-refractivity contribution in [2.75, 3.05) is 6.61 Å². The Morgan fingerprint density at radius 1 is 1.29 bits per heavy atom. The highest BCUT2D eigenvalue weighted by atomic mass is 16.5. The third-order valence-electron chi connectivity index (χ3n) is 3.37. The average Bonchev–Trinajstić information content (AvgIpc) is 2.53. The van der Waals surface area contributed by atoms with Crippen LogP contribution in [0.3, 0.4) is 0 Å². The summed E-state index contributed by atoms with van der Waals surface area (Å²) >= 11 is 0. The Kier molecular flexibility index (Phi) is 5.95. The van der Waals surface area contributed by atoms with E-state index in [1.54, 1.807) is 6.08 Å². The summed E-state index contributed by atoms with van der Waals surface area (Å²) in [4.78, 5) is 23.8. The van der Waals surface area contributed by atoms with Crippen LogP contribution in [0.4, 0.5) is 0 Å². The highest BCUT2D eigenvalue weighted by molar-refractivity contribution is 6.08. The quantitative estimate of drug-likeness (QED) is 0.476. The van der Waals surface area contributed by atoms with Gasteiger partial charge in [-0.05, 0) is 37.1 Å². The standard InChI is InChI=1S/C19H20O5/c1-3-4-11-23-15-8-5-14(6-9-15)7-10-16(20)18-17(21)12-13(2)24-19(18)22/h5-10,12,21H,3-4,11H2,1-2H3/b10-7+. The van der Waals surface area contributed by atoms with E-state index in [4.69, 9.17) is 9.15 Å². The zero-order valence-electron chi connectivity index (χ0n) is 13.7. The lowest BCUT2D eigenvalue weighted by molar-refractivity contribution is 0.104. The minimum Gasteiger partial charge on any atom is -0.507 e. The van der Waals surface area contributed by atoms with Crippen molar-refractivity contribution in [1.82, 2.24) is 0 Å². The number of carbonyl (C=O) groups excluding carboxylic acids is 1. The normalized spacial score (nSPS) is 10.9. The molecule has 0 aliphatic rings. The van der Waals surface area contributed by atoms with E-state index in [1.165, 1.54) is 19.1 Å². The van der Waals surface area contributed by atoms with E-state index in [-0.39, 0.29) is 17.1 Å². The molecule has 0 unspecified atom stereocenters. The number of unbranched alkanes of at least 4 members (excludes halogenated alkanes) is 1. The molecule has 1 aromatic carbocycles. The van der Waals surface area contributed by atoms with Crippen molar-refractivity contribution in [3.8, 4) is 11.5 Å². The fourth-order valence-corrected chi connectivity index (χ4v) is 2.09. The van der Waals surface area contributed by atoms with Crippen LogP contribution in [-0.2, 0) is 0 Å². The molecule has 0 aliphatic heterocycles. The van der Waals surface area contributed by atoms with Gasteiger partial charge in [0.1, 0.15) is 22.8 Å². The maximum absolute atomic E-state index is 12.1. The number of ketones is 1. The van der Waals surface area contributed by atoms with Crippen LogP contribution in [-0.4, -0.2) is 17.5 Å². The van der Waals surface area contributed by atoms with Gasteiger partial charge in [0, 0.05) is 6.07 Å². The molecule has 0 radical (unpaired) electrons. The van der Waals surface area contributed by atoms with Crippen molar-refractivity contribution >= 4 is 11.9 Å². The molecule has 5 heteroatoms. The van der Waals surface area contributed by atoms with Gasteiger partial charge in [-0.25, -0.2) is 4.79 Å². The molecule has 0 atom stereocenters. The first-order chi connectivity index (χ1) is 11.5. The first kappa shape index (κ1) is 17.5. The lowest BCUT2D eigenvalue weighted by atomic mass is 10.1. The van der Waals surface area contributed by atoms with Gasteiger partial charge >= 0.3 is 5.63 Å². The Balaban J connectivity index is 2.08. The molecule has 24 heavy (non-hydrogen) atoms. The number of carbonyl (C=O) groups is 1. The predicted molar refractivity (Wildman–Crippen MR) is 91.6 cm³/mol. The third-order valence-corrected chi connectivity index (χ3v) is 3.37. The van der Waals surface area contributed by atoms with Gasteiger partial charge in [0.25, 0.3) is 0 Å². The van der Waals surface area contributed by atoms with Crippen LogP contribution in [0.15, 0.2) is 45.6 Å². The molecule has 0 saturated carbocycles. The Morgan fingerprint density at radius 2 is 2.00 bits per heavy atom. The summed E-state index contributed by atoms with van der Waals surface area (Å²) in [5.41, 5.74) is -0.430. The highest BCUT2D eigenvalue weighted by Crippen LogP contribution is 2.17. The summed E-state index contributed by atoms with van der Waals surface area (Å²) in [7, 11) is 0. The number of hydrogen-bond donors (Lipinski definition) is 1. The summed E-state index contributed by atoms with van der Waals surface area (Å²) in [5.74, 6) is 0.0306. The summed E-state index contributed by atoms with van der Waals surface area (Å²) < 4.78 is 10.4. The molecule has 1 aromatic heterocycles. The molecular formula is C19H20O5. The molecule has 0 aliphatic carbocycles.